The van der Waals surface area contributed by atoms with Gasteiger partial charge < -0.3 is 10.6 Å². The first kappa shape index (κ1) is 17.9. The molecule has 3 rings (SSSR count). The predicted octanol–water partition coefficient (Wildman–Crippen LogP) is 4.42. The van der Waals surface area contributed by atoms with Gasteiger partial charge in [0.15, 0.2) is 0 Å². The number of carbonyl (C=O) groups excluding carboxylic acids is 1. The van der Waals surface area contributed by atoms with Crippen molar-refractivity contribution in [3.63, 3.8) is 0 Å². The van der Waals surface area contributed by atoms with Gasteiger partial charge >= 0.3 is 0 Å². The van der Waals surface area contributed by atoms with E-state index in [-0.39, 0.29) is 5.91 Å². The molecule has 132 valence electrons. The summed E-state index contributed by atoms with van der Waals surface area (Å²) in [5, 5.41) is 6.68. The maximum Gasteiger partial charge on any atom is 0.270 e. The third-order valence-electron chi connectivity index (χ3n) is 3.90. The molecule has 0 saturated heterocycles. The zero-order valence-corrected chi connectivity index (χ0v) is 15.3. The van der Waals surface area contributed by atoms with Crippen LogP contribution in [0.25, 0.3) is 0 Å². The van der Waals surface area contributed by atoms with Crippen LogP contribution in [-0.2, 0) is 6.54 Å². The van der Waals surface area contributed by atoms with Crippen LogP contribution in [0.15, 0.2) is 54.9 Å². The molecule has 2 N–H and O–H groups in total. The van der Waals surface area contributed by atoms with Crippen molar-refractivity contribution in [1.82, 2.24) is 15.3 Å². The lowest BCUT2D eigenvalue weighted by Gasteiger charge is -2.10. The third kappa shape index (κ3) is 4.58. The normalized spacial score (nSPS) is 10.4. The van der Waals surface area contributed by atoms with Crippen molar-refractivity contribution in [3.05, 3.63) is 82.3 Å². The van der Waals surface area contributed by atoms with E-state index < -0.39 is 0 Å². The van der Waals surface area contributed by atoms with Crippen molar-refractivity contribution in [2.45, 2.75) is 20.4 Å². The fourth-order valence-corrected chi connectivity index (χ4v) is 2.68. The van der Waals surface area contributed by atoms with Crippen molar-refractivity contribution >= 4 is 29.0 Å². The van der Waals surface area contributed by atoms with Gasteiger partial charge in [-0.1, -0.05) is 47.5 Å². The first-order valence-corrected chi connectivity index (χ1v) is 8.58. The molecule has 6 heteroatoms. The van der Waals surface area contributed by atoms with E-state index in [1.807, 2.05) is 56.3 Å². The molecule has 0 aliphatic heterocycles. The van der Waals surface area contributed by atoms with Gasteiger partial charge in [0.2, 0.25) is 0 Å². The van der Waals surface area contributed by atoms with Gasteiger partial charge in [-0.2, -0.15) is 0 Å². The number of amides is 1. The average molecular weight is 367 g/mol. The second kappa shape index (κ2) is 7.97. The quantitative estimate of drug-likeness (QED) is 0.701. The third-order valence-corrected chi connectivity index (χ3v) is 4.13. The summed E-state index contributed by atoms with van der Waals surface area (Å²) in [6.07, 6.45) is 1.36. The van der Waals surface area contributed by atoms with Crippen molar-refractivity contribution in [2.75, 3.05) is 5.32 Å². The molecule has 0 fully saturated rings. The van der Waals surface area contributed by atoms with Gasteiger partial charge in [0.25, 0.3) is 5.91 Å². The number of benzene rings is 2. The number of carbonyl (C=O) groups is 1. The van der Waals surface area contributed by atoms with E-state index in [1.54, 1.807) is 6.07 Å². The van der Waals surface area contributed by atoms with Crippen LogP contribution < -0.4 is 10.6 Å². The lowest BCUT2D eigenvalue weighted by molar-refractivity contribution is 0.0946. The number of nitrogens with one attached hydrogen (secondary N) is 2. The van der Waals surface area contributed by atoms with Crippen molar-refractivity contribution in [2.24, 2.45) is 0 Å². The molecule has 0 bridgehead atoms. The lowest BCUT2D eigenvalue weighted by Crippen LogP contribution is -2.24. The van der Waals surface area contributed by atoms with Crippen LogP contribution in [0.2, 0.25) is 5.02 Å². The number of halogens is 1. The van der Waals surface area contributed by atoms with E-state index in [4.69, 9.17) is 11.6 Å². The topological polar surface area (TPSA) is 66.9 Å². The van der Waals surface area contributed by atoms with Crippen LogP contribution in [-0.4, -0.2) is 15.9 Å². The highest BCUT2D eigenvalue weighted by Crippen LogP contribution is 2.23. The molecule has 0 unspecified atom stereocenters. The van der Waals surface area contributed by atoms with Crippen LogP contribution in [0.4, 0.5) is 11.5 Å². The Kier molecular flexibility index (Phi) is 5.49. The molecule has 0 spiro atoms. The van der Waals surface area contributed by atoms with E-state index in [0.717, 1.165) is 22.4 Å². The Labute approximate surface area is 157 Å². The van der Waals surface area contributed by atoms with Gasteiger partial charge in [-0.3, -0.25) is 4.79 Å². The molecule has 3 aromatic rings. The first-order chi connectivity index (χ1) is 12.5. The predicted molar refractivity (Wildman–Crippen MR) is 104 cm³/mol. The van der Waals surface area contributed by atoms with Gasteiger partial charge in [-0.05, 0) is 37.1 Å². The standard InChI is InChI=1S/C20H19ClN4O/c1-13-4-3-5-15(8-13)11-22-20(26)18-10-19(24-12-23-18)25-17-9-16(21)7-6-14(17)2/h3-10,12H,11H2,1-2H3,(H,22,26)(H,23,24,25). The van der Waals surface area contributed by atoms with E-state index in [0.29, 0.717) is 23.1 Å². The fourth-order valence-electron chi connectivity index (χ4n) is 2.51. The highest BCUT2D eigenvalue weighted by molar-refractivity contribution is 6.30. The zero-order valence-electron chi connectivity index (χ0n) is 14.6. The first-order valence-electron chi connectivity index (χ1n) is 8.20. The monoisotopic (exact) mass is 366 g/mol. The molecule has 0 radical (unpaired) electrons. The van der Waals surface area contributed by atoms with E-state index >= 15 is 0 Å². The molecule has 1 aromatic heterocycles. The molecule has 0 saturated carbocycles. The Morgan fingerprint density at radius 2 is 1.92 bits per heavy atom. The van der Waals surface area contributed by atoms with Crippen molar-refractivity contribution < 1.29 is 4.79 Å². The maximum absolute atomic E-state index is 12.4. The summed E-state index contributed by atoms with van der Waals surface area (Å²) in [4.78, 5) is 20.6. The molecular weight excluding hydrogens is 348 g/mol. The van der Waals surface area contributed by atoms with E-state index in [9.17, 15) is 4.79 Å². The number of aryl methyl sites for hydroxylation is 2. The minimum absolute atomic E-state index is 0.250. The summed E-state index contributed by atoms with van der Waals surface area (Å²) in [7, 11) is 0. The second-order valence-electron chi connectivity index (χ2n) is 6.04. The summed E-state index contributed by atoms with van der Waals surface area (Å²) in [6.45, 7) is 4.43. The van der Waals surface area contributed by atoms with Gasteiger partial charge in [-0.15, -0.1) is 0 Å². The number of aromatic nitrogens is 2. The SMILES string of the molecule is Cc1cccc(CNC(=O)c2cc(Nc3cc(Cl)ccc3C)ncn2)c1. The minimum atomic E-state index is -0.250. The summed E-state index contributed by atoms with van der Waals surface area (Å²) >= 11 is 6.04. The molecule has 0 atom stereocenters. The number of rotatable bonds is 5. The molecule has 0 aliphatic rings. The van der Waals surface area contributed by atoms with E-state index in [2.05, 4.69) is 20.6 Å². The highest BCUT2D eigenvalue weighted by Gasteiger charge is 2.09. The Morgan fingerprint density at radius 3 is 2.73 bits per heavy atom. The van der Waals surface area contributed by atoms with Gasteiger partial charge in [0.1, 0.15) is 17.8 Å². The van der Waals surface area contributed by atoms with Crippen LogP contribution in [0.3, 0.4) is 0 Å². The number of hydrogen-bond donors (Lipinski definition) is 2. The molecule has 2 aromatic carbocycles. The number of anilines is 2. The van der Waals surface area contributed by atoms with Gasteiger partial charge in [0.05, 0.1) is 0 Å². The van der Waals surface area contributed by atoms with Crippen LogP contribution in [0.1, 0.15) is 27.2 Å². The van der Waals surface area contributed by atoms with Crippen LogP contribution in [0.5, 0.6) is 0 Å². The number of hydrogen-bond acceptors (Lipinski definition) is 4. The molecule has 26 heavy (non-hydrogen) atoms. The molecule has 1 heterocycles. The smallest absolute Gasteiger partial charge is 0.270 e. The Balaban J connectivity index is 1.70. The van der Waals surface area contributed by atoms with E-state index in [1.165, 1.54) is 6.33 Å². The second-order valence-corrected chi connectivity index (χ2v) is 6.48. The largest absolute Gasteiger partial charge is 0.347 e. The number of nitrogens with zero attached hydrogens (tertiary/aromatic N) is 2. The average Bonchev–Trinajstić information content (AvgIpc) is 2.63. The summed E-state index contributed by atoms with van der Waals surface area (Å²) in [5.74, 6) is 0.283. The van der Waals surface area contributed by atoms with Gasteiger partial charge in [0, 0.05) is 23.3 Å². The summed E-state index contributed by atoms with van der Waals surface area (Å²) in [6, 6.07) is 15.2. The van der Waals surface area contributed by atoms with Crippen molar-refractivity contribution in [3.8, 4) is 0 Å². The Hall–Kier alpha value is -2.92. The van der Waals surface area contributed by atoms with Gasteiger partial charge in [-0.25, -0.2) is 9.97 Å². The maximum atomic E-state index is 12.4. The minimum Gasteiger partial charge on any atom is -0.347 e. The highest BCUT2D eigenvalue weighted by atomic mass is 35.5. The molecular formula is C20H19ClN4O. The summed E-state index contributed by atoms with van der Waals surface area (Å²) in [5.41, 5.74) is 4.36. The van der Waals surface area contributed by atoms with Crippen LogP contribution >= 0.6 is 11.6 Å². The van der Waals surface area contributed by atoms with Crippen LogP contribution in [0, 0.1) is 13.8 Å². The Bertz CT molecular complexity index is 943. The molecule has 5 nitrogen and oxygen atoms in total. The lowest BCUT2D eigenvalue weighted by atomic mass is 10.1. The molecule has 1 amide bonds. The fraction of sp³-hybridized carbons (Fsp3) is 0.150. The Morgan fingerprint density at radius 1 is 1.08 bits per heavy atom. The molecule has 0 aliphatic carbocycles. The zero-order chi connectivity index (χ0) is 18.5. The van der Waals surface area contributed by atoms with Crippen molar-refractivity contribution in [1.29, 1.82) is 0 Å². The summed E-state index contributed by atoms with van der Waals surface area (Å²) < 4.78 is 0.